The highest BCUT2D eigenvalue weighted by Gasteiger charge is 2.05. The summed E-state index contributed by atoms with van der Waals surface area (Å²) in [5, 5.41) is 2.76. The number of benzene rings is 2. The van der Waals surface area contributed by atoms with E-state index in [0.717, 1.165) is 16.9 Å². The van der Waals surface area contributed by atoms with Crippen LogP contribution in [0.15, 0.2) is 48.5 Å². The fourth-order valence-electron chi connectivity index (χ4n) is 2.18. The maximum absolute atomic E-state index is 12.7. The van der Waals surface area contributed by atoms with Gasteiger partial charge in [0, 0.05) is 13.0 Å². The Hall–Kier alpha value is -2.89. The van der Waals surface area contributed by atoms with Crippen molar-refractivity contribution in [1.82, 2.24) is 15.3 Å². The maximum Gasteiger partial charge on any atom is 0.257 e. The van der Waals surface area contributed by atoms with E-state index in [0.29, 0.717) is 18.7 Å². The number of para-hydroxylation sites is 2. The third kappa shape index (κ3) is 4.06. The van der Waals surface area contributed by atoms with E-state index >= 15 is 0 Å². The molecule has 0 aliphatic rings. The Labute approximate surface area is 132 Å². The number of carbonyl (C=O) groups is 1. The molecule has 3 aromatic rings. The van der Waals surface area contributed by atoms with Crippen molar-refractivity contribution < 1.29 is 13.9 Å². The fraction of sp³-hybridized carbons (Fsp3) is 0.176. The zero-order chi connectivity index (χ0) is 16.1. The molecule has 2 N–H and O–H groups in total. The van der Waals surface area contributed by atoms with Crippen LogP contribution in [-0.4, -0.2) is 29.0 Å². The minimum absolute atomic E-state index is 0.105. The second-order valence-corrected chi connectivity index (χ2v) is 5.04. The molecule has 1 amide bonds. The molecule has 0 spiro atoms. The van der Waals surface area contributed by atoms with E-state index in [1.807, 2.05) is 24.3 Å². The van der Waals surface area contributed by atoms with E-state index in [1.54, 1.807) is 0 Å². The third-order valence-corrected chi connectivity index (χ3v) is 3.31. The van der Waals surface area contributed by atoms with E-state index in [9.17, 15) is 9.18 Å². The lowest BCUT2D eigenvalue weighted by Crippen LogP contribution is -2.30. The lowest BCUT2D eigenvalue weighted by atomic mass is 10.3. The zero-order valence-electron chi connectivity index (χ0n) is 12.4. The minimum atomic E-state index is -0.340. The van der Waals surface area contributed by atoms with E-state index in [2.05, 4.69) is 15.3 Å². The number of aromatic amines is 1. The maximum atomic E-state index is 12.7. The van der Waals surface area contributed by atoms with Crippen LogP contribution in [0.1, 0.15) is 5.82 Å². The molecule has 0 bridgehead atoms. The van der Waals surface area contributed by atoms with Gasteiger partial charge in [0.1, 0.15) is 17.4 Å². The molecule has 0 saturated carbocycles. The number of fused-ring (bicyclic) bond motifs is 1. The molecule has 5 nitrogen and oxygen atoms in total. The number of imidazole rings is 1. The van der Waals surface area contributed by atoms with Gasteiger partial charge in [0.25, 0.3) is 5.91 Å². The van der Waals surface area contributed by atoms with Gasteiger partial charge in [-0.1, -0.05) is 12.1 Å². The van der Waals surface area contributed by atoms with E-state index in [4.69, 9.17) is 4.74 Å². The first-order valence-corrected chi connectivity index (χ1v) is 7.29. The van der Waals surface area contributed by atoms with Crippen molar-refractivity contribution in [3.63, 3.8) is 0 Å². The highest BCUT2D eigenvalue weighted by atomic mass is 19.1. The molecular formula is C17H16FN3O2. The largest absolute Gasteiger partial charge is 0.484 e. The Morgan fingerprint density at radius 2 is 1.96 bits per heavy atom. The van der Waals surface area contributed by atoms with Crippen LogP contribution in [0.5, 0.6) is 5.75 Å². The summed E-state index contributed by atoms with van der Waals surface area (Å²) in [7, 11) is 0. The lowest BCUT2D eigenvalue weighted by Gasteiger charge is -2.06. The van der Waals surface area contributed by atoms with E-state index in [1.165, 1.54) is 24.3 Å². The molecule has 0 aliphatic carbocycles. The summed E-state index contributed by atoms with van der Waals surface area (Å²) in [4.78, 5) is 19.3. The highest BCUT2D eigenvalue weighted by Crippen LogP contribution is 2.11. The number of nitrogens with one attached hydrogen (secondary N) is 2. The molecule has 0 unspecified atom stereocenters. The Kier molecular flexibility index (Phi) is 4.52. The van der Waals surface area contributed by atoms with Crippen molar-refractivity contribution in [3.8, 4) is 5.75 Å². The average Bonchev–Trinajstić information content (AvgIpc) is 2.97. The number of halogens is 1. The molecule has 6 heteroatoms. The number of carbonyl (C=O) groups excluding carboxylic acids is 1. The van der Waals surface area contributed by atoms with Crippen LogP contribution in [-0.2, 0) is 11.2 Å². The third-order valence-electron chi connectivity index (χ3n) is 3.31. The number of aromatic nitrogens is 2. The van der Waals surface area contributed by atoms with Gasteiger partial charge in [0.15, 0.2) is 6.61 Å². The van der Waals surface area contributed by atoms with Crippen LogP contribution in [0.25, 0.3) is 11.0 Å². The Bertz CT molecular complexity index is 766. The van der Waals surface area contributed by atoms with Gasteiger partial charge in [-0.25, -0.2) is 9.37 Å². The normalized spacial score (nSPS) is 10.7. The number of ether oxygens (including phenoxy) is 1. The fourth-order valence-corrected chi connectivity index (χ4v) is 2.18. The molecular weight excluding hydrogens is 297 g/mol. The number of rotatable bonds is 6. The number of H-pyrrole nitrogens is 1. The molecule has 0 atom stereocenters. The number of nitrogens with zero attached hydrogens (tertiary/aromatic N) is 1. The number of hydrogen-bond acceptors (Lipinski definition) is 3. The summed E-state index contributed by atoms with van der Waals surface area (Å²) in [5.74, 6) is 0.711. The molecule has 1 aromatic heterocycles. The second kappa shape index (κ2) is 6.91. The topological polar surface area (TPSA) is 67.0 Å². The number of amides is 1. The molecule has 0 saturated heterocycles. The summed E-state index contributed by atoms with van der Waals surface area (Å²) >= 11 is 0. The summed E-state index contributed by atoms with van der Waals surface area (Å²) in [5.41, 5.74) is 1.89. The van der Waals surface area contributed by atoms with Gasteiger partial charge in [-0.05, 0) is 36.4 Å². The zero-order valence-corrected chi connectivity index (χ0v) is 12.4. The molecule has 0 radical (unpaired) electrons. The van der Waals surface area contributed by atoms with E-state index < -0.39 is 0 Å². The van der Waals surface area contributed by atoms with Crippen LogP contribution < -0.4 is 10.1 Å². The van der Waals surface area contributed by atoms with Gasteiger partial charge in [0.2, 0.25) is 0 Å². The standard InChI is InChI=1S/C17H16FN3O2/c18-12-5-7-13(8-6-12)23-11-17(22)19-10-9-16-20-14-3-1-2-4-15(14)21-16/h1-8H,9-11H2,(H,19,22)(H,20,21). The SMILES string of the molecule is O=C(COc1ccc(F)cc1)NCCc1nc2ccccc2[nH]1. The minimum Gasteiger partial charge on any atom is -0.484 e. The first-order chi connectivity index (χ1) is 11.2. The van der Waals surface area contributed by atoms with Crippen molar-refractivity contribution >= 4 is 16.9 Å². The Balaban J connectivity index is 1.43. The van der Waals surface area contributed by atoms with Crippen LogP contribution in [0.4, 0.5) is 4.39 Å². The van der Waals surface area contributed by atoms with Crippen LogP contribution in [0, 0.1) is 5.82 Å². The molecule has 2 aromatic carbocycles. The highest BCUT2D eigenvalue weighted by molar-refractivity contribution is 5.77. The van der Waals surface area contributed by atoms with Gasteiger partial charge >= 0.3 is 0 Å². The second-order valence-electron chi connectivity index (χ2n) is 5.04. The van der Waals surface area contributed by atoms with Gasteiger partial charge in [-0.3, -0.25) is 4.79 Å². The molecule has 1 heterocycles. The van der Waals surface area contributed by atoms with Crippen LogP contribution in [0.3, 0.4) is 0 Å². The molecule has 0 fully saturated rings. The van der Waals surface area contributed by atoms with Crippen molar-refractivity contribution in [2.75, 3.05) is 13.2 Å². The van der Waals surface area contributed by atoms with Crippen molar-refractivity contribution in [3.05, 3.63) is 60.2 Å². The van der Waals surface area contributed by atoms with Gasteiger partial charge < -0.3 is 15.0 Å². The summed E-state index contributed by atoms with van der Waals surface area (Å²) in [6.07, 6.45) is 0.608. The molecule has 118 valence electrons. The van der Waals surface area contributed by atoms with Crippen molar-refractivity contribution in [2.45, 2.75) is 6.42 Å². The predicted octanol–water partition coefficient (Wildman–Crippen LogP) is 2.44. The predicted molar refractivity (Wildman–Crippen MR) is 84.7 cm³/mol. The van der Waals surface area contributed by atoms with Gasteiger partial charge in [-0.15, -0.1) is 0 Å². The molecule has 0 aliphatic heterocycles. The molecule has 23 heavy (non-hydrogen) atoms. The smallest absolute Gasteiger partial charge is 0.257 e. The first kappa shape index (κ1) is 15.0. The summed E-state index contributed by atoms with van der Waals surface area (Å²) in [6, 6.07) is 13.3. The van der Waals surface area contributed by atoms with Crippen molar-refractivity contribution in [2.24, 2.45) is 0 Å². The number of hydrogen-bond donors (Lipinski definition) is 2. The lowest BCUT2D eigenvalue weighted by molar-refractivity contribution is -0.123. The molecule has 3 rings (SSSR count). The van der Waals surface area contributed by atoms with E-state index in [-0.39, 0.29) is 18.3 Å². The monoisotopic (exact) mass is 313 g/mol. The Morgan fingerprint density at radius 3 is 2.74 bits per heavy atom. The summed E-state index contributed by atoms with van der Waals surface area (Å²) < 4.78 is 18.0. The van der Waals surface area contributed by atoms with Gasteiger partial charge in [-0.2, -0.15) is 0 Å². The van der Waals surface area contributed by atoms with Crippen molar-refractivity contribution in [1.29, 1.82) is 0 Å². The van der Waals surface area contributed by atoms with Crippen LogP contribution in [0.2, 0.25) is 0 Å². The van der Waals surface area contributed by atoms with Crippen LogP contribution >= 0.6 is 0 Å². The first-order valence-electron chi connectivity index (χ1n) is 7.29. The summed E-state index contributed by atoms with van der Waals surface area (Å²) in [6.45, 7) is 0.358. The average molecular weight is 313 g/mol. The Morgan fingerprint density at radius 1 is 1.17 bits per heavy atom. The van der Waals surface area contributed by atoms with Gasteiger partial charge in [0.05, 0.1) is 11.0 Å². The quantitative estimate of drug-likeness (QED) is 0.734.